The maximum atomic E-state index is 4.20. The van der Waals surface area contributed by atoms with E-state index >= 15 is 0 Å². The lowest BCUT2D eigenvalue weighted by Gasteiger charge is -2.25. The van der Waals surface area contributed by atoms with Crippen LogP contribution >= 0.6 is 0 Å². The van der Waals surface area contributed by atoms with E-state index in [9.17, 15) is 0 Å². The molecule has 16 heavy (non-hydrogen) atoms. The average Bonchev–Trinajstić information content (AvgIpc) is 2.23. The SMILES string of the molecule is CCNc1cc(NCCC2CCC2)ncn1. The Hall–Kier alpha value is -1.32. The van der Waals surface area contributed by atoms with Crippen LogP contribution in [0.15, 0.2) is 12.4 Å². The molecule has 0 aromatic carbocycles. The van der Waals surface area contributed by atoms with Crippen molar-refractivity contribution in [1.29, 1.82) is 0 Å². The monoisotopic (exact) mass is 220 g/mol. The smallest absolute Gasteiger partial charge is 0.131 e. The lowest BCUT2D eigenvalue weighted by molar-refractivity contribution is 0.303. The number of anilines is 2. The third kappa shape index (κ3) is 3.08. The zero-order chi connectivity index (χ0) is 11.2. The van der Waals surface area contributed by atoms with E-state index in [2.05, 4.69) is 27.5 Å². The summed E-state index contributed by atoms with van der Waals surface area (Å²) in [7, 11) is 0. The van der Waals surface area contributed by atoms with Crippen LogP contribution in [0.1, 0.15) is 32.6 Å². The number of nitrogens with zero attached hydrogens (tertiary/aromatic N) is 2. The molecule has 1 saturated carbocycles. The van der Waals surface area contributed by atoms with Crippen LogP contribution in [-0.4, -0.2) is 23.1 Å². The molecule has 1 aliphatic rings. The van der Waals surface area contributed by atoms with Gasteiger partial charge in [-0.1, -0.05) is 19.3 Å². The van der Waals surface area contributed by atoms with Crippen LogP contribution in [0, 0.1) is 5.92 Å². The molecular weight excluding hydrogens is 200 g/mol. The normalized spacial score (nSPS) is 15.6. The van der Waals surface area contributed by atoms with Crippen molar-refractivity contribution in [3.8, 4) is 0 Å². The molecule has 1 aromatic heterocycles. The Morgan fingerprint density at radius 1 is 1.25 bits per heavy atom. The quantitative estimate of drug-likeness (QED) is 0.773. The number of aromatic nitrogens is 2. The van der Waals surface area contributed by atoms with Gasteiger partial charge in [0.15, 0.2) is 0 Å². The van der Waals surface area contributed by atoms with Crippen molar-refractivity contribution in [3.63, 3.8) is 0 Å². The summed E-state index contributed by atoms with van der Waals surface area (Å²) in [6.45, 7) is 3.97. The summed E-state index contributed by atoms with van der Waals surface area (Å²) in [6, 6.07) is 1.96. The van der Waals surface area contributed by atoms with E-state index in [-0.39, 0.29) is 0 Å². The maximum absolute atomic E-state index is 4.20. The minimum absolute atomic E-state index is 0.887. The molecule has 0 saturated heterocycles. The van der Waals surface area contributed by atoms with Crippen molar-refractivity contribution in [2.45, 2.75) is 32.6 Å². The van der Waals surface area contributed by atoms with E-state index in [0.717, 1.165) is 30.6 Å². The summed E-state index contributed by atoms with van der Waals surface area (Å²) in [4.78, 5) is 8.34. The van der Waals surface area contributed by atoms with Crippen LogP contribution in [0.2, 0.25) is 0 Å². The van der Waals surface area contributed by atoms with Crippen molar-refractivity contribution in [2.75, 3.05) is 23.7 Å². The first-order valence-corrected chi connectivity index (χ1v) is 6.18. The molecule has 1 fully saturated rings. The average molecular weight is 220 g/mol. The molecule has 1 aliphatic carbocycles. The van der Waals surface area contributed by atoms with Crippen molar-refractivity contribution in [1.82, 2.24) is 9.97 Å². The summed E-state index contributed by atoms with van der Waals surface area (Å²) in [5, 5.41) is 6.53. The fraction of sp³-hybridized carbons (Fsp3) is 0.667. The van der Waals surface area contributed by atoms with E-state index in [1.807, 2.05) is 6.07 Å². The van der Waals surface area contributed by atoms with Gasteiger partial charge in [0.2, 0.25) is 0 Å². The molecule has 4 nitrogen and oxygen atoms in total. The molecule has 1 aromatic rings. The molecule has 2 rings (SSSR count). The van der Waals surface area contributed by atoms with Gasteiger partial charge in [-0.3, -0.25) is 0 Å². The van der Waals surface area contributed by atoms with Gasteiger partial charge in [0, 0.05) is 19.2 Å². The second kappa shape index (κ2) is 5.68. The molecule has 0 aliphatic heterocycles. The topological polar surface area (TPSA) is 49.8 Å². The van der Waals surface area contributed by atoms with Gasteiger partial charge in [-0.2, -0.15) is 0 Å². The first-order valence-electron chi connectivity index (χ1n) is 6.18. The zero-order valence-electron chi connectivity index (χ0n) is 9.87. The van der Waals surface area contributed by atoms with Crippen LogP contribution < -0.4 is 10.6 Å². The lowest BCUT2D eigenvalue weighted by Crippen LogP contribution is -2.16. The summed E-state index contributed by atoms with van der Waals surface area (Å²) in [5.41, 5.74) is 0. The predicted molar refractivity (Wildman–Crippen MR) is 66.6 cm³/mol. The van der Waals surface area contributed by atoms with E-state index in [4.69, 9.17) is 0 Å². The Kier molecular flexibility index (Phi) is 3.97. The maximum Gasteiger partial charge on any atom is 0.131 e. The number of hydrogen-bond acceptors (Lipinski definition) is 4. The second-order valence-corrected chi connectivity index (χ2v) is 4.33. The lowest BCUT2D eigenvalue weighted by atomic mass is 9.83. The third-order valence-corrected chi connectivity index (χ3v) is 3.11. The summed E-state index contributed by atoms with van der Waals surface area (Å²) >= 11 is 0. The van der Waals surface area contributed by atoms with Gasteiger partial charge < -0.3 is 10.6 Å². The molecule has 2 N–H and O–H groups in total. The molecule has 88 valence electrons. The molecule has 0 unspecified atom stereocenters. The Balaban J connectivity index is 1.76. The van der Waals surface area contributed by atoms with Gasteiger partial charge in [-0.25, -0.2) is 9.97 Å². The number of nitrogens with one attached hydrogen (secondary N) is 2. The highest BCUT2D eigenvalue weighted by molar-refractivity contribution is 5.46. The zero-order valence-corrected chi connectivity index (χ0v) is 9.87. The number of rotatable bonds is 6. The van der Waals surface area contributed by atoms with E-state index in [0.29, 0.717) is 0 Å². The van der Waals surface area contributed by atoms with Gasteiger partial charge in [-0.15, -0.1) is 0 Å². The van der Waals surface area contributed by atoms with Gasteiger partial charge in [0.05, 0.1) is 0 Å². The minimum atomic E-state index is 0.887. The first-order chi connectivity index (χ1) is 7.88. The largest absolute Gasteiger partial charge is 0.370 e. The van der Waals surface area contributed by atoms with Crippen molar-refractivity contribution >= 4 is 11.6 Å². The van der Waals surface area contributed by atoms with Crippen molar-refractivity contribution in [3.05, 3.63) is 12.4 Å². The highest BCUT2D eigenvalue weighted by Crippen LogP contribution is 2.29. The highest BCUT2D eigenvalue weighted by Gasteiger charge is 2.16. The van der Waals surface area contributed by atoms with E-state index < -0.39 is 0 Å². The fourth-order valence-electron chi connectivity index (χ4n) is 1.92. The highest BCUT2D eigenvalue weighted by atomic mass is 15.1. The number of hydrogen-bond donors (Lipinski definition) is 2. The standard InChI is InChI=1S/C12H20N4/c1-2-13-11-8-12(16-9-15-11)14-7-6-10-4-3-5-10/h8-10H,2-7H2,1H3,(H2,13,14,15,16). The molecular formula is C12H20N4. The molecule has 0 radical (unpaired) electrons. The van der Waals surface area contributed by atoms with Gasteiger partial charge in [-0.05, 0) is 19.3 Å². The van der Waals surface area contributed by atoms with Crippen LogP contribution in [0.5, 0.6) is 0 Å². The molecule has 1 heterocycles. The Morgan fingerprint density at radius 2 is 2.00 bits per heavy atom. The van der Waals surface area contributed by atoms with Gasteiger partial charge >= 0.3 is 0 Å². The van der Waals surface area contributed by atoms with Crippen LogP contribution in [0.25, 0.3) is 0 Å². The molecule has 0 amide bonds. The van der Waals surface area contributed by atoms with Crippen LogP contribution in [-0.2, 0) is 0 Å². The molecule has 0 atom stereocenters. The minimum Gasteiger partial charge on any atom is -0.370 e. The first kappa shape index (κ1) is 11.2. The van der Waals surface area contributed by atoms with Gasteiger partial charge in [0.25, 0.3) is 0 Å². The fourth-order valence-corrected chi connectivity index (χ4v) is 1.92. The third-order valence-electron chi connectivity index (χ3n) is 3.11. The summed E-state index contributed by atoms with van der Waals surface area (Å²) < 4.78 is 0. The summed E-state index contributed by atoms with van der Waals surface area (Å²) in [6.07, 6.45) is 7.11. The Labute approximate surface area is 96.9 Å². The van der Waals surface area contributed by atoms with E-state index in [1.165, 1.54) is 25.7 Å². The van der Waals surface area contributed by atoms with E-state index in [1.54, 1.807) is 6.33 Å². The molecule has 4 heteroatoms. The van der Waals surface area contributed by atoms with Crippen molar-refractivity contribution in [2.24, 2.45) is 5.92 Å². The van der Waals surface area contributed by atoms with Crippen LogP contribution in [0.4, 0.5) is 11.6 Å². The second-order valence-electron chi connectivity index (χ2n) is 4.33. The Morgan fingerprint density at radius 3 is 2.62 bits per heavy atom. The van der Waals surface area contributed by atoms with Crippen molar-refractivity contribution < 1.29 is 0 Å². The van der Waals surface area contributed by atoms with Crippen LogP contribution in [0.3, 0.4) is 0 Å². The van der Waals surface area contributed by atoms with Gasteiger partial charge in [0.1, 0.15) is 18.0 Å². The Bertz CT molecular complexity index is 323. The summed E-state index contributed by atoms with van der Waals surface area (Å²) in [5.74, 6) is 2.76. The predicted octanol–water partition coefficient (Wildman–Crippen LogP) is 2.51. The molecule has 0 spiro atoms. The molecule has 0 bridgehead atoms.